The van der Waals surface area contributed by atoms with Gasteiger partial charge in [0.05, 0.1) is 11.5 Å². The van der Waals surface area contributed by atoms with Crippen molar-refractivity contribution in [3.8, 4) is 5.75 Å². The lowest BCUT2D eigenvalue weighted by molar-refractivity contribution is 0.178. The molecule has 1 saturated heterocycles. The van der Waals surface area contributed by atoms with Crippen molar-refractivity contribution in [3.63, 3.8) is 0 Å². The van der Waals surface area contributed by atoms with E-state index in [1.54, 1.807) is 30.5 Å². The number of ether oxygens (including phenoxy) is 1. The summed E-state index contributed by atoms with van der Waals surface area (Å²) in [5, 5.41) is 0. The normalized spacial score (nSPS) is 16.2. The van der Waals surface area contributed by atoms with E-state index in [0.717, 1.165) is 32.5 Å². The molecule has 1 fully saturated rings. The van der Waals surface area contributed by atoms with E-state index in [-0.39, 0.29) is 4.90 Å². The van der Waals surface area contributed by atoms with E-state index >= 15 is 0 Å². The van der Waals surface area contributed by atoms with Gasteiger partial charge < -0.3 is 4.74 Å². The average Bonchev–Trinajstić information content (AvgIpc) is 2.73. The van der Waals surface area contributed by atoms with Crippen molar-refractivity contribution in [2.75, 3.05) is 26.2 Å². The first kappa shape index (κ1) is 21.7. The molecule has 3 rings (SSSR count). The summed E-state index contributed by atoms with van der Waals surface area (Å²) in [6, 6.07) is 10.7. The van der Waals surface area contributed by atoms with Gasteiger partial charge in [-0.05, 0) is 73.7 Å². The fourth-order valence-electron chi connectivity index (χ4n) is 3.39. The van der Waals surface area contributed by atoms with E-state index < -0.39 is 10.0 Å². The third kappa shape index (κ3) is 6.80. The number of nitrogens with one attached hydrogen (secondary N) is 1. The largest absolute Gasteiger partial charge is 0.493 e. The predicted octanol–water partition coefficient (Wildman–Crippen LogP) is 3.31. The first-order valence-electron chi connectivity index (χ1n) is 10.3. The second-order valence-electron chi connectivity index (χ2n) is 8.11. The Hall–Kier alpha value is -1.96. The molecule has 2 aromatic rings. The van der Waals surface area contributed by atoms with E-state index in [0.29, 0.717) is 30.7 Å². The highest BCUT2D eigenvalue weighted by molar-refractivity contribution is 7.89. The van der Waals surface area contributed by atoms with Crippen LogP contribution in [0.3, 0.4) is 0 Å². The minimum atomic E-state index is -3.50. The minimum Gasteiger partial charge on any atom is -0.493 e. The number of nitrogens with zero attached hydrogens (tertiary/aromatic N) is 2. The Bertz CT molecular complexity index is 847. The number of hydrogen-bond acceptors (Lipinski definition) is 5. The second-order valence-corrected chi connectivity index (χ2v) is 9.88. The third-order valence-corrected chi connectivity index (χ3v) is 6.55. The molecule has 0 unspecified atom stereocenters. The molecule has 0 radical (unpaired) electrons. The van der Waals surface area contributed by atoms with Crippen molar-refractivity contribution in [1.29, 1.82) is 0 Å². The van der Waals surface area contributed by atoms with Gasteiger partial charge in [-0.15, -0.1) is 0 Å². The van der Waals surface area contributed by atoms with E-state index in [4.69, 9.17) is 4.74 Å². The van der Waals surface area contributed by atoms with E-state index in [9.17, 15) is 8.42 Å². The quantitative estimate of drug-likeness (QED) is 0.678. The number of hydrogen-bond donors (Lipinski definition) is 1. The highest BCUT2D eigenvalue weighted by Gasteiger charge is 2.22. The third-order valence-electron chi connectivity index (χ3n) is 5.12. The molecule has 1 aromatic carbocycles. The van der Waals surface area contributed by atoms with Gasteiger partial charge >= 0.3 is 0 Å². The molecule has 0 spiro atoms. The van der Waals surface area contributed by atoms with Gasteiger partial charge in [0, 0.05) is 25.5 Å². The van der Waals surface area contributed by atoms with Crippen LogP contribution >= 0.6 is 0 Å². The highest BCUT2D eigenvalue weighted by atomic mass is 32.2. The van der Waals surface area contributed by atoms with E-state index in [2.05, 4.69) is 34.5 Å². The smallest absolute Gasteiger partial charge is 0.240 e. The molecule has 158 valence electrons. The topological polar surface area (TPSA) is 71.5 Å². The Morgan fingerprint density at radius 3 is 2.52 bits per heavy atom. The number of pyridine rings is 1. The molecular formula is C22H31N3O3S. The maximum atomic E-state index is 12.6. The van der Waals surface area contributed by atoms with Gasteiger partial charge in [0.25, 0.3) is 0 Å². The molecule has 0 atom stereocenters. The van der Waals surface area contributed by atoms with Gasteiger partial charge in [-0.3, -0.25) is 9.88 Å². The van der Waals surface area contributed by atoms with Crippen LogP contribution in [-0.2, 0) is 16.6 Å². The van der Waals surface area contributed by atoms with Crippen LogP contribution in [0.1, 0.15) is 32.3 Å². The Morgan fingerprint density at radius 2 is 1.90 bits per heavy atom. The fourth-order valence-corrected chi connectivity index (χ4v) is 4.50. The van der Waals surface area contributed by atoms with Crippen LogP contribution in [0.25, 0.3) is 0 Å². The molecule has 2 heterocycles. The summed E-state index contributed by atoms with van der Waals surface area (Å²) in [5.41, 5.74) is 1.22. The number of sulfonamides is 1. The molecule has 0 saturated carbocycles. The summed E-state index contributed by atoms with van der Waals surface area (Å²) < 4.78 is 33.6. The molecule has 0 amide bonds. The van der Waals surface area contributed by atoms with Gasteiger partial charge in [-0.25, -0.2) is 13.1 Å². The lowest BCUT2D eigenvalue weighted by Gasteiger charge is -2.31. The molecule has 29 heavy (non-hydrogen) atoms. The SMILES string of the molecule is CC(C)COc1ccc(S(=O)(=O)NCC2CCN(Cc3cccnc3)CC2)cc1. The van der Waals surface area contributed by atoms with Crippen LogP contribution in [0.2, 0.25) is 0 Å². The van der Waals surface area contributed by atoms with Crippen LogP contribution in [0.4, 0.5) is 0 Å². The highest BCUT2D eigenvalue weighted by Crippen LogP contribution is 2.20. The summed E-state index contributed by atoms with van der Waals surface area (Å²) in [6.07, 6.45) is 5.67. The van der Waals surface area contributed by atoms with Gasteiger partial charge in [0.2, 0.25) is 10.0 Å². The first-order chi connectivity index (χ1) is 13.9. The zero-order valence-corrected chi connectivity index (χ0v) is 18.1. The zero-order valence-electron chi connectivity index (χ0n) is 17.3. The lowest BCUT2D eigenvalue weighted by atomic mass is 9.97. The molecular weight excluding hydrogens is 386 g/mol. The van der Waals surface area contributed by atoms with Crippen molar-refractivity contribution in [1.82, 2.24) is 14.6 Å². The monoisotopic (exact) mass is 417 g/mol. The summed E-state index contributed by atoms with van der Waals surface area (Å²) in [6.45, 7) is 8.10. The van der Waals surface area contributed by atoms with E-state index in [1.807, 2.05) is 12.3 Å². The number of aromatic nitrogens is 1. The van der Waals surface area contributed by atoms with Crippen molar-refractivity contribution in [2.24, 2.45) is 11.8 Å². The lowest BCUT2D eigenvalue weighted by Crippen LogP contribution is -2.38. The van der Waals surface area contributed by atoms with Crippen molar-refractivity contribution in [2.45, 2.75) is 38.1 Å². The maximum absolute atomic E-state index is 12.6. The number of piperidine rings is 1. The minimum absolute atomic E-state index is 0.281. The van der Waals surface area contributed by atoms with Crippen LogP contribution in [-0.4, -0.2) is 44.5 Å². The van der Waals surface area contributed by atoms with E-state index in [1.165, 1.54) is 5.56 Å². The van der Waals surface area contributed by atoms with Gasteiger partial charge in [-0.1, -0.05) is 19.9 Å². The molecule has 0 bridgehead atoms. The molecule has 0 aliphatic carbocycles. The maximum Gasteiger partial charge on any atom is 0.240 e. The standard InChI is InChI=1S/C22H31N3O3S/c1-18(2)17-28-21-5-7-22(8-6-21)29(26,27)24-15-19-9-12-25(13-10-19)16-20-4-3-11-23-14-20/h3-8,11,14,18-19,24H,9-10,12-13,15-17H2,1-2H3. The Kier molecular flexibility index (Phi) is 7.64. The molecule has 1 aliphatic heterocycles. The first-order valence-corrected chi connectivity index (χ1v) is 11.7. The predicted molar refractivity (Wildman–Crippen MR) is 114 cm³/mol. The summed E-state index contributed by atoms with van der Waals surface area (Å²) in [4.78, 5) is 6.84. The average molecular weight is 418 g/mol. The van der Waals surface area contributed by atoms with Crippen LogP contribution in [0.5, 0.6) is 5.75 Å². The van der Waals surface area contributed by atoms with Gasteiger partial charge in [-0.2, -0.15) is 0 Å². The zero-order chi connectivity index (χ0) is 20.7. The molecule has 7 heteroatoms. The van der Waals surface area contributed by atoms with Crippen LogP contribution < -0.4 is 9.46 Å². The molecule has 1 aliphatic rings. The number of likely N-dealkylation sites (tertiary alicyclic amines) is 1. The molecule has 1 aromatic heterocycles. The number of benzene rings is 1. The van der Waals surface area contributed by atoms with Crippen molar-refractivity contribution >= 4 is 10.0 Å². The Morgan fingerprint density at radius 1 is 1.17 bits per heavy atom. The van der Waals surface area contributed by atoms with Crippen molar-refractivity contribution in [3.05, 3.63) is 54.4 Å². The number of rotatable bonds is 9. The summed E-state index contributed by atoms with van der Waals surface area (Å²) in [5.74, 6) is 1.48. The Balaban J connectivity index is 1.44. The molecule has 1 N–H and O–H groups in total. The second kappa shape index (κ2) is 10.2. The van der Waals surface area contributed by atoms with Gasteiger partial charge in [0.15, 0.2) is 0 Å². The fraction of sp³-hybridized carbons (Fsp3) is 0.500. The van der Waals surface area contributed by atoms with Crippen molar-refractivity contribution < 1.29 is 13.2 Å². The summed E-state index contributed by atoms with van der Waals surface area (Å²) in [7, 11) is -3.50. The summed E-state index contributed by atoms with van der Waals surface area (Å²) >= 11 is 0. The van der Waals surface area contributed by atoms with Gasteiger partial charge in [0.1, 0.15) is 5.75 Å². The Labute approximate surface area is 174 Å². The van der Waals surface area contributed by atoms with Crippen LogP contribution in [0.15, 0.2) is 53.7 Å². The van der Waals surface area contributed by atoms with Crippen LogP contribution in [0, 0.1) is 11.8 Å². The molecule has 6 nitrogen and oxygen atoms in total.